The number of hydrogen-bond donors (Lipinski definition) is 4. The van der Waals surface area contributed by atoms with Gasteiger partial charge in [-0.1, -0.05) is 23.8 Å². The van der Waals surface area contributed by atoms with Crippen LogP contribution in [0, 0.1) is 6.92 Å². The highest BCUT2D eigenvalue weighted by atomic mass is 32.1. The monoisotopic (exact) mass is 518 g/mol. The van der Waals surface area contributed by atoms with Crippen LogP contribution in [0.1, 0.15) is 31.8 Å². The van der Waals surface area contributed by atoms with Crippen molar-refractivity contribution in [3.8, 4) is 11.5 Å². The molecule has 0 aliphatic rings. The molecule has 9 nitrogen and oxygen atoms in total. The second-order valence-electron chi connectivity index (χ2n) is 7.75. The maximum atomic E-state index is 12.4. The summed E-state index contributed by atoms with van der Waals surface area (Å²) < 4.78 is 10.4. The molecule has 3 amide bonds. The molecule has 0 unspecified atom stereocenters. The first kappa shape index (κ1) is 26.9. The number of nitrogens with one attached hydrogen (secondary N) is 4. The van der Waals surface area contributed by atoms with Crippen molar-refractivity contribution in [2.75, 3.05) is 19.5 Å². The average Bonchev–Trinajstić information content (AvgIpc) is 2.90. The Hall–Kier alpha value is -4.70. The predicted molar refractivity (Wildman–Crippen MR) is 145 cm³/mol. The van der Waals surface area contributed by atoms with Gasteiger partial charge in [-0.3, -0.25) is 30.6 Å². The van der Waals surface area contributed by atoms with Crippen LogP contribution < -0.4 is 31.0 Å². The van der Waals surface area contributed by atoms with Gasteiger partial charge in [0.2, 0.25) is 5.91 Å². The van der Waals surface area contributed by atoms with Gasteiger partial charge in [0.15, 0.2) is 16.6 Å². The number of benzene rings is 3. The van der Waals surface area contributed by atoms with Gasteiger partial charge in [0.1, 0.15) is 0 Å². The Morgan fingerprint density at radius 2 is 1.54 bits per heavy atom. The van der Waals surface area contributed by atoms with Crippen molar-refractivity contribution in [2.24, 2.45) is 0 Å². The number of anilines is 1. The van der Waals surface area contributed by atoms with E-state index in [0.29, 0.717) is 28.3 Å². The van der Waals surface area contributed by atoms with Crippen LogP contribution in [0.15, 0.2) is 72.8 Å². The third-order valence-corrected chi connectivity index (χ3v) is 5.25. The highest BCUT2D eigenvalue weighted by Crippen LogP contribution is 2.27. The molecule has 37 heavy (non-hydrogen) atoms. The van der Waals surface area contributed by atoms with Crippen molar-refractivity contribution >= 4 is 46.8 Å². The molecule has 0 bridgehead atoms. The zero-order valence-corrected chi connectivity index (χ0v) is 21.3. The Morgan fingerprint density at radius 1 is 0.811 bits per heavy atom. The highest BCUT2D eigenvalue weighted by molar-refractivity contribution is 7.80. The summed E-state index contributed by atoms with van der Waals surface area (Å²) in [7, 11) is 3.06. The molecule has 3 aromatic rings. The maximum Gasteiger partial charge on any atom is 0.269 e. The van der Waals surface area contributed by atoms with Crippen molar-refractivity contribution in [2.45, 2.75) is 6.92 Å². The number of carbonyl (C=O) groups excluding carboxylic acids is 3. The van der Waals surface area contributed by atoms with Crippen LogP contribution in [0.3, 0.4) is 0 Å². The van der Waals surface area contributed by atoms with Gasteiger partial charge in [-0.15, -0.1) is 0 Å². The lowest BCUT2D eigenvalue weighted by molar-refractivity contribution is -0.115. The second kappa shape index (κ2) is 12.8. The Morgan fingerprint density at radius 3 is 2.22 bits per heavy atom. The van der Waals surface area contributed by atoms with E-state index in [9.17, 15) is 14.4 Å². The average molecular weight is 519 g/mol. The normalized spacial score (nSPS) is 10.4. The Labute approximate surface area is 219 Å². The Balaban J connectivity index is 1.47. The van der Waals surface area contributed by atoms with E-state index in [4.69, 9.17) is 21.7 Å². The summed E-state index contributed by atoms with van der Waals surface area (Å²) in [5.74, 6) is -0.105. The summed E-state index contributed by atoms with van der Waals surface area (Å²) >= 11 is 5.05. The first-order valence-electron chi connectivity index (χ1n) is 11.1. The smallest absolute Gasteiger partial charge is 0.269 e. The number of hydrazine groups is 1. The van der Waals surface area contributed by atoms with Crippen molar-refractivity contribution in [3.05, 3.63) is 95.1 Å². The first-order chi connectivity index (χ1) is 17.8. The topological polar surface area (TPSA) is 118 Å². The van der Waals surface area contributed by atoms with Gasteiger partial charge < -0.3 is 14.8 Å². The summed E-state index contributed by atoms with van der Waals surface area (Å²) in [6.07, 6.45) is 2.87. The van der Waals surface area contributed by atoms with Crippen LogP contribution >= 0.6 is 12.2 Å². The van der Waals surface area contributed by atoms with E-state index in [2.05, 4.69) is 21.5 Å². The highest BCUT2D eigenvalue weighted by Gasteiger charge is 2.10. The molecule has 0 radical (unpaired) electrons. The van der Waals surface area contributed by atoms with Gasteiger partial charge >= 0.3 is 0 Å². The van der Waals surface area contributed by atoms with Crippen molar-refractivity contribution in [3.63, 3.8) is 0 Å². The molecule has 0 fully saturated rings. The van der Waals surface area contributed by atoms with Crippen LogP contribution in [0.2, 0.25) is 0 Å². The zero-order chi connectivity index (χ0) is 26.8. The van der Waals surface area contributed by atoms with E-state index >= 15 is 0 Å². The molecule has 0 saturated carbocycles. The SMILES string of the molecule is COc1ccc(/C=C/C(=O)NC(=S)NNC(=O)c2ccc(NC(=O)c3cccc(C)c3)cc2)cc1OC. The standard InChI is InChI=1S/C27H26N4O5S/c1-17-5-4-6-20(15-17)25(33)28-21-11-9-19(10-12-21)26(34)30-31-27(37)29-24(32)14-8-18-7-13-22(35-2)23(16-18)36-3/h4-16H,1-3H3,(H,28,33)(H,30,34)(H2,29,31,32,37)/b14-8+. The number of ether oxygens (including phenoxy) is 2. The third kappa shape index (κ3) is 7.91. The van der Waals surface area contributed by atoms with Gasteiger partial charge in [0.25, 0.3) is 11.8 Å². The number of thiocarbonyl (C=S) groups is 1. The maximum absolute atomic E-state index is 12.4. The minimum Gasteiger partial charge on any atom is -0.493 e. The molecule has 3 aromatic carbocycles. The van der Waals surface area contributed by atoms with Gasteiger partial charge in [-0.05, 0) is 79.3 Å². The van der Waals surface area contributed by atoms with Crippen molar-refractivity contribution < 1.29 is 23.9 Å². The lowest BCUT2D eigenvalue weighted by Crippen LogP contribution is -2.48. The lowest BCUT2D eigenvalue weighted by Gasteiger charge is -2.10. The summed E-state index contributed by atoms with van der Waals surface area (Å²) in [6.45, 7) is 1.91. The van der Waals surface area contributed by atoms with Gasteiger partial charge in [-0.25, -0.2) is 0 Å². The Bertz CT molecular complexity index is 1340. The molecule has 3 rings (SSSR count). The number of hydrogen-bond acceptors (Lipinski definition) is 6. The number of rotatable bonds is 7. The number of aryl methyl sites for hydroxylation is 1. The van der Waals surface area contributed by atoms with Crippen LogP contribution in [0.25, 0.3) is 6.08 Å². The molecule has 0 saturated heterocycles. The molecular formula is C27H26N4O5S. The predicted octanol–water partition coefficient (Wildman–Crippen LogP) is 3.61. The second-order valence-corrected chi connectivity index (χ2v) is 8.15. The molecule has 0 aliphatic heterocycles. The molecule has 10 heteroatoms. The van der Waals surface area contributed by atoms with Gasteiger partial charge in [0.05, 0.1) is 14.2 Å². The first-order valence-corrected chi connectivity index (χ1v) is 11.5. The summed E-state index contributed by atoms with van der Waals surface area (Å²) in [5.41, 5.74) is 8.00. The molecule has 0 aromatic heterocycles. The quantitative estimate of drug-likeness (QED) is 0.214. The molecule has 0 aliphatic carbocycles. The fourth-order valence-electron chi connectivity index (χ4n) is 3.19. The molecule has 0 heterocycles. The molecule has 0 spiro atoms. The van der Waals surface area contributed by atoms with E-state index in [1.807, 2.05) is 19.1 Å². The van der Waals surface area contributed by atoms with E-state index in [1.165, 1.54) is 20.3 Å². The van der Waals surface area contributed by atoms with Gasteiger partial charge in [0, 0.05) is 22.9 Å². The van der Waals surface area contributed by atoms with Gasteiger partial charge in [-0.2, -0.15) is 0 Å². The fraction of sp³-hybridized carbons (Fsp3) is 0.111. The summed E-state index contributed by atoms with van der Waals surface area (Å²) in [5, 5.41) is 5.13. The summed E-state index contributed by atoms with van der Waals surface area (Å²) in [6, 6.07) is 18.8. The van der Waals surface area contributed by atoms with E-state index in [-0.39, 0.29) is 11.0 Å². The van der Waals surface area contributed by atoms with Crippen LogP contribution in [-0.2, 0) is 4.79 Å². The zero-order valence-electron chi connectivity index (χ0n) is 20.5. The van der Waals surface area contributed by atoms with E-state index in [1.54, 1.807) is 60.7 Å². The number of amides is 3. The van der Waals surface area contributed by atoms with Crippen LogP contribution in [0.4, 0.5) is 5.69 Å². The third-order valence-electron chi connectivity index (χ3n) is 5.05. The molecule has 4 N–H and O–H groups in total. The van der Waals surface area contributed by atoms with Crippen molar-refractivity contribution in [1.29, 1.82) is 0 Å². The molecule has 0 atom stereocenters. The minimum atomic E-state index is -0.491. The number of methoxy groups -OCH3 is 2. The van der Waals surface area contributed by atoms with E-state index < -0.39 is 11.8 Å². The largest absolute Gasteiger partial charge is 0.493 e. The molecular weight excluding hydrogens is 492 g/mol. The minimum absolute atomic E-state index is 0.0858. The van der Waals surface area contributed by atoms with E-state index in [0.717, 1.165) is 11.1 Å². The number of carbonyl (C=O) groups is 3. The Kier molecular flexibility index (Phi) is 9.34. The lowest BCUT2D eigenvalue weighted by atomic mass is 10.1. The fourth-order valence-corrected chi connectivity index (χ4v) is 3.35. The van der Waals surface area contributed by atoms with Crippen LogP contribution in [0.5, 0.6) is 11.5 Å². The molecule has 190 valence electrons. The summed E-state index contributed by atoms with van der Waals surface area (Å²) in [4.78, 5) is 36.9. The van der Waals surface area contributed by atoms with Crippen LogP contribution in [-0.4, -0.2) is 37.1 Å². The van der Waals surface area contributed by atoms with Crippen molar-refractivity contribution in [1.82, 2.24) is 16.2 Å².